The van der Waals surface area contributed by atoms with Gasteiger partial charge >= 0.3 is 12.1 Å². The summed E-state index contributed by atoms with van der Waals surface area (Å²) in [4.78, 5) is 11.2. The highest BCUT2D eigenvalue weighted by atomic mass is 35.5. The van der Waals surface area contributed by atoms with Gasteiger partial charge in [0.2, 0.25) is 0 Å². The summed E-state index contributed by atoms with van der Waals surface area (Å²) in [7, 11) is 0. The summed E-state index contributed by atoms with van der Waals surface area (Å²) in [5.41, 5.74) is 0.476. The lowest BCUT2D eigenvalue weighted by molar-refractivity contribution is -0.139. The third-order valence-corrected chi connectivity index (χ3v) is 5.25. The normalized spacial score (nSPS) is 19.2. The fourth-order valence-corrected chi connectivity index (χ4v) is 3.58. The van der Waals surface area contributed by atoms with E-state index in [0.29, 0.717) is 23.2 Å². The molecule has 0 saturated heterocycles. The van der Waals surface area contributed by atoms with E-state index < -0.39 is 35.4 Å². The molecule has 1 aliphatic rings. The Morgan fingerprint density at radius 3 is 2.61 bits per heavy atom. The van der Waals surface area contributed by atoms with Crippen molar-refractivity contribution in [2.24, 2.45) is 5.92 Å². The number of benzene rings is 2. The molecule has 28 heavy (non-hydrogen) atoms. The minimum atomic E-state index is -4.52. The first-order valence-corrected chi connectivity index (χ1v) is 8.77. The smallest absolute Gasteiger partial charge is 0.416 e. The van der Waals surface area contributed by atoms with E-state index in [-0.39, 0.29) is 17.0 Å². The van der Waals surface area contributed by atoms with Gasteiger partial charge in [0.15, 0.2) is 0 Å². The van der Waals surface area contributed by atoms with E-state index in [2.05, 4.69) is 5.10 Å². The number of carboxylic acids is 1. The first-order valence-electron chi connectivity index (χ1n) is 8.39. The maximum Gasteiger partial charge on any atom is 0.416 e. The first kappa shape index (κ1) is 18.7. The van der Waals surface area contributed by atoms with E-state index in [1.807, 2.05) is 0 Å². The summed E-state index contributed by atoms with van der Waals surface area (Å²) in [6.45, 7) is 0.117. The van der Waals surface area contributed by atoms with Crippen molar-refractivity contribution in [3.63, 3.8) is 0 Å². The molecule has 4 nitrogen and oxygen atoms in total. The van der Waals surface area contributed by atoms with Crippen LogP contribution in [-0.4, -0.2) is 20.9 Å². The number of aromatic nitrogens is 2. The number of carboxylic acid groups (broad SMARTS) is 1. The van der Waals surface area contributed by atoms with Gasteiger partial charge in [-0.1, -0.05) is 17.7 Å². The van der Waals surface area contributed by atoms with E-state index >= 15 is 0 Å². The van der Waals surface area contributed by atoms with Crippen LogP contribution in [0.1, 0.15) is 29.2 Å². The van der Waals surface area contributed by atoms with Crippen LogP contribution in [0, 0.1) is 11.7 Å². The van der Waals surface area contributed by atoms with Crippen LogP contribution in [-0.2, 0) is 17.5 Å². The Morgan fingerprint density at radius 2 is 2.00 bits per heavy atom. The maximum absolute atomic E-state index is 13.3. The maximum atomic E-state index is 13.3. The minimum absolute atomic E-state index is 0.117. The zero-order chi connectivity index (χ0) is 20.2. The lowest BCUT2D eigenvalue weighted by Crippen LogP contribution is -2.05. The zero-order valence-corrected chi connectivity index (χ0v) is 14.9. The topological polar surface area (TPSA) is 55.1 Å². The molecule has 0 bridgehead atoms. The number of hydrogen-bond acceptors (Lipinski definition) is 2. The quantitative estimate of drug-likeness (QED) is 0.608. The number of alkyl halides is 3. The second kappa shape index (κ2) is 6.48. The van der Waals surface area contributed by atoms with Crippen molar-refractivity contribution in [2.45, 2.75) is 25.1 Å². The van der Waals surface area contributed by atoms with Gasteiger partial charge in [-0.2, -0.15) is 18.3 Å². The Kier molecular flexibility index (Phi) is 4.33. The summed E-state index contributed by atoms with van der Waals surface area (Å²) in [6, 6.07) is 7.12. The van der Waals surface area contributed by atoms with E-state index in [9.17, 15) is 27.5 Å². The highest BCUT2D eigenvalue weighted by Crippen LogP contribution is 2.49. The molecule has 0 amide bonds. The third kappa shape index (κ3) is 3.32. The number of hydrogen-bond donors (Lipinski definition) is 1. The summed E-state index contributed by atoms with van der Waals surface area (Å²) < 4.78 is 54.2. The number of fused-ring (bicyclic) bond motifs is 1. The molecule has 1 aliphatic carbocycles. The number of halogens is 5. The standard InChI is InChI=1S/C19H13ClF4N2O2/c20-15-6-11(21)3-1-9(15)8-26-16-4-2-10(19(22,23)24)5-14(16)17(25-26)12-7-13(12)18(27)28/h1-6,12-13H,7-8H2,(H,27,28). The van der Waals surface area contributed by atoms with Crippen molar-refractivity contribution in [1.82, 2.24) is 9.78 Å². The highest BCUT2D eigenvalue weighted by molar-refractivity contribution is 6.31. The molecule has 9 heteroatoms. The Labute approximate surface area is 161 Å². The monoisotopic (exact) mass is 412 g/mol. The molecule has 1 aromatic heterocycles. The van der Waals surface area contributed by atoms with Crippen molar-refractivity contribution >= 4 is 28.5 Å². The van der Waals surface area contributed by atoms with Gasteiger partial charge in [0.05, 0.1) is 29.2 Å². The van der Waals surface area contributed by atoms with Crippen LogP contribution in [0.5, 0.6) is 0 Å². The van der Waals surface area contributed by atoms with Crippen LogP contribution in [0.25, 0.3) is 10.9 Å². The lowest BCUT2D eigenvalue weighted by atomic mass is 10.1. The summed E-state index contributed by atoms with van der Waals surface area (Å²) in [5.74, 6) is -2.60. The molecular weight excluding hydrogens is 400 g/mol. The molecule has 2 atom stereocenters. The summed E-state index contributed by atoms with van der Waals surface area (Å²) in [5, 5.41) is 14.0. The predicted molar refractivity (Wildman–Crippen MR) is 93.7 cm³/mol. The second-order valence-electron chi connectivity index (χ2n) is 6.80. The molecular formula is C19H13ClF4N2O2. The summed E-state index contributed by atoms with van der Waals surface area (Å²) >= 11 is 6.05. The SMILES string of the molecule is O=C(O)C1CC1c1nn(Cc2ccc(F)cc2Cl)c2ccc(C(F)(F)F)cc12. The molecule has 1 heterocycles. The molecule has 4 rings (SSSR count). The highest BCUT2D eigenvalue weighted by Gasteiger charge is 2.47. The molecule has 3 aromatic rings. The van der Waals surface area contributed by atoms with Crippen molar-refractivity contribution in [3.8, 4) is 0 Å². The second-order valence-corrected chi connectivity index (χ2v) is 7.20. The van der Waals surface area contributed by atoms with Crippen LogP contribution < -0.4 is 0 Å². The van der Waals surface area contributed by atoms with E-state index in [0.717, 1.165) is 18.2 Å². The first-order chi connectivity index (χ1) is 13.1. The Morgan fingerprint density at radius 1 is 1.25 bits per heavy atom. The Hall–Kier alpha value is -2.61. The van der Waals surface area contributed by atoms with Crippen molar-refractivity contribution in [2.75, 3.05) is 0 Å². The molecule has 1 saturated carbocycles. The molecule has 0 aliphatic heterocycles. The number of rotatable bonds is 4. The van der Waals surface area contributed by atoms with Crippen molar-refractivity contribution in [1.29, 1.82) is 0 Å². The largest absolute Gasteiger partial charge is 0.481 e. The zero-order valence-electron chi connectivity index (χ0n) is 14.2. The van der Waals surface area contributed by atoms with Gasteiger partial charge in [0.25, 0.3) is 0 Å². The van der Waals surface area contributed by atoms with Crippen LogP contribution in [0.2, 0.25) is 5.02 Å². The molecule has 146 valence electrons. The fraction of sp³-hybridized carbons (Fsp3) is 0.263. The van der Waals surface area contributed by atoms with Crippen LogP contribution in [0.3, 0.4) is 0 Å². The van der Waals surface area contributed by atoms with Crippen molar-refractivity contribution < 1.29 is 27.5 Å². The fourth-order valence-electron chi connectivity index (χ4n) is 3.36. The van der Waals surface area contributed by atoms with Crippen LogP contribution in [0.4, 0.5) is 17.6 Å². The average Bonchev–Trinajstić information content (AvgIpc) is 3.33. The van der Waals surface area contributed by atoms with Crippen LogP contribution >= 0.6 is 11.6 Å². The van der Waals surface area contributed by atoms with Crippen LogP contribution in [0.15, 0.2) is 36.4 Å². The van der Waals surface area contributed by atoms with Gasteiger partial charge in [-0.25, -0.2) is 4.39 Å². The Bertz CT molecular complexity index is 1090. The van der Waals surface area contributed by atoms with Gasteiger partial charge < -0.3 is 5.11 Å². The third-order valence-electron chi connectivity index (χ3n) is 4.90. The lowest BCUT2D eigenvalue weighted by Gasteiger charge is -2.08. The average molecular weight is 413 g/mol. The van der Waals surface area contributed by atoms with Gasteiger partial charge in [-0.15, -0.1) is 0 Å². The van der Waals surface area contributed by atoms with Gasteiger partial charge in [0, 0.05) is 16.3 Å². The summed E-state index contributed by atoms with van der Waals surface area (Å²) in [6.07, 6.45) is -4.20. The minimum Gasteiger partial charge on any atom is -0.481 e. The number of aliphatic carboxylic acids is 1. The van der Waals surface area contributed by atoms with E-state index in [1.54, 1.807) is 0 Å². The van der Waals surface area contributed by atoms with Gasteiger partial charge in [-0.05, 0) is 42.3 Å². The van der Waals surface area contributed by atoms with Crippen molar-refractivity contribution in [3.05, 3.63) is 64.1 Å². The molecule has 0 spiro atoms. The number of carbonyl (C=O) groups is 1. The molecule has 0 radical (unpaired) electrons. The Balaban J connectivity index is 1.81. The van der Waals surface area contributed by atoms with E-state index in [4.69, 9.17) is 11.6 Å². The van der Waals surface area contributed by atoms with E-state index in [1.165, 1.54) is 22.9 Å². The molecule has 1 fully saturated rings. The number of nitrogens with zero attached hydrogens (tertiary/aromatic N) is 2. The molecule has 2 aromatic carbocycles. The predicted octanol–water partition coefficient (Wildman–Crippen LogP) is 5.08. The van der Waals surface area contributed by atoms with Gasteiger partial charge in [-0.3, -0.25) is 9.48 Å². The molecule has 2 unspecified atom stereocenters. The van der Waals surface area contributed by atoms with Gasteiger partial charge in [0.1, 0.15) is 5.82 Å². The molecule has 1 N–H and O–H groups in total.